The summed E-state index contributed by atoms with van der Waals surface area (Å²) in [6, 6.07) is 0. The average molecular weight is 541 g/mol. The van der Waals surface area contributed by atoms with Crippen LogP contribution in [-0.4, -0.2) is 0 Å². The lowest BCUT2D eigenvalue weighted by Gasteiger charge is -2.34. The third-order valence-corrected chi connectivity index (χ3v) is 9.11. The second-order valence-electron chi connectivity index (χ2n) is 13.9. The molecule has 220 valence electrons. The molecule has 0 fully saturated rings. The van der Waals surface area contributed by atoms with Gasteiger partial charge in [0.25, 0.3) is 0 Å². The Morgan fingerprint density at radius 2 is 1.27 bits per heavy atom. The van der Waals surface area contributed by atoms with Gasteiger partial charge in [0.2, 0.25) is 0 Å². The highest BCUT2D eigenvalue weighted by molar-refractivity contribution is 5.36. The molecule has 0 N–H and O–H groups in total. The van der Waals surface area contributed by atoms with E-state index in [2.05, 4.69) is 130 Å². The van der Waals surface area contributed by atoms with E-state index in [0.29, 0.717) is 10.8 Å². The van der Waals surface area contributed by atoms with Crippen LogP contribution in [-0.2, 0) is 0 Å². The van der Waals surface area contributed by atoms with Gasteiger partial charge in [0.15, 0.2) is 0 Å². The first kappa shape index (κ1) is 33.9. The van der Waals surface area contributed by atoms with Gasteiger partial charge in [-0.15, -0.1) is 0 Å². The van der Waals surface area contributed by atoms with Gasteiger partial charge in [-0.1, -0.05) is 127 Å². The normalized spacial score (nSPS) is 21.6. The first-order valence-electron chi connectivity index (χ1n) is 15.9. The second kappa shape index (κ2) is 16.2. The second-order valence-corrected chi connectivity index (χ2v) is 13.9. The minimum atomic E-state index is 0.312. The van der Waals surface area contributed by atoms with Crippen LogP contribution >= 0.6 is 0 Å². The van der Waals surface area contributed by atoms with Gasteiger partial charge in [-0.3, -0.25) is 0 Å². The van der Waals surface area contributed by atoms with Crippen molar-refractivity contribution >= 4 is 0 Å². The predicted octanol–water partition coefficient (Wildman–Crippen LogP) is 13.1. The van der Waals surface area contributed by atoms with Crippen molar-refractivity contribution in [2.45, 2.75) is 133 Å². The zero-order valence-electron chi connectivity index (χ0n) is 27.8. The summed E-state index contributed by atoms with van der Waals surface area (Å²) in [7, 11) is 0. The van der Waals surface area contributed by atoms with Crippen LogP contribution in [0.2, 0.25) is 0 Å². The Bertz CT molecular complexity index is 1120. The maximum atomic E-state index is 2.43. The zero-order chi connectivity index (χ0) is 29.8. The van der Waals surface area contributed by atoms with E-state index in [1.165, 1.54) is 67.2 Å². The minimum absolute atomic E-state index is 0.312. The molecule has 0 saturated carbocycles. The molecule has 0 aromatic rings. The van der Waals surface area contributed by atoms with Crippen LogP contribution in [0.5, 0.6) is 0 Å². The van der Waals surface area contributed by atoms with Crippen LogP contribution in [0.4, 0.5) is 0 Å². The maximum absolute atomic E-state index is 2.43. The fraction of sp³-hybridized carbons (Fsp3) is 0.550. The van der Waals surface area contributed by atoms with Crippen LogP contribution in [0.15, 0.2) is 105 Å². The Kier molecular flexibility index (Phi) is 13.7. The van der Waals surface area contributed by atoms with E-state index < -0.39 is 0 Å². The molecule has 0 heteroatoms. The molecule has 0 unspecified atom stereocenters. The van der Waals surface area contributed by atoms with E-state index >= 15 is 0 Å². The number of hydrogen-bond acceptors (Lipinski definition) is 0. The molecular weight excluding hydrogens is 480 g/mol. The minimum Gasteiger partial charge on any atom is -0.0813 e. The predicted molar refractivity (Wildman–Crippen MR) is 182 cm³/mol. The topological polar surface area (TPSA) is 0 Å². The van der Waals surface area contributed by atoms with Gasteiger partial charge < -0.3 is 0 Å². The molecule has 0 saturated heterocycles. The molecule has 0 amide bonds. The Morgan fingerprint density at radius 1 is 0.675 bits per heavy atom. The summed E-state index contributed by atoms with van der Waals surface area (Å²) in [4.78, 5) is 0. The van der Waals surface area contributed by atoms with E-state index in [4.69, 9.17) is 0 Å². The lowest BCUT2D eigenvalue weighted by atomic mass is 9.71. The summed E-state index contributed by atoms with van der Waals surface area (Å²) in [5.41, 5.74) is 12.7. The fourth-order valence-electron chi connectivity index (χ4n) is 6.38. The van der Waals surface area contributed by atoms with E-state index in [9.17, 15) is 0 Å². The maximum Gasteiger partial charge on any atom is -0.0104 e. The smallest absolute Gasteiger partial charge is 0.0104 e. The van der Waals surface area contributed by atoms with Crippen LogP contribution < -0.4 is 0 Å². The third-order valence-electron chi connectivity index (χ3n) is 9.11. The summed E-state index contributed by atoms with van der Waals surface area (Å²) >= 11 is 0. The summed E-state index contributed by atoms with van der Waals surface area (Å²) in [5, 5.41) is 0. The number of hydrogen-bond donors (Lipinski definition) is 0. The SMILES string of the molecule is CC1=C(/C=C/C(C)=C/CC/C(C)=C/C=C/C=C(C)/C=C/C=C(\C)CCC2=C(C)CCCC2(C)C)C(C)(C)CCC1. The summed E-state index contributed by atoms with van der Waals surface area (Å²) in [5.74, 6) is 0. The Labute approximate surface area is 249 Å². The molecular formula is C40H60. The molecule has 0 aromatic heterocycles. The van der Waals surface area contributed by atoms with Crippen LogP contribution in [0.25, 0.3) is 0 Å². The van der Waals surface area contributed by atoms with Crippen LogP contribution in [0, 0.1) is 10.8 Å². The molecule has 0 heterocycles. The highest BCUT2D eigenvalue weighted by atomic mass is 14.3. The van der Waals surface area contributed by atoms with Gasteiger partial charge in [-0.05, 0) is 122 Å². The highest BCUT2D eigenvalue weighted by Crippen LogP contribution is 2.43. The van der Waals surface area contributed by atoms with Crippen LogP contribution in [0.3, 0.4) is 0 Å². The largest absolute Gasteiger partial charge is 0.0813 e. The van der Waals surface area contributed by atoms with Crippen molar-refractivity contribution in [2.75, 3.05) is 0 Å². The van der Waals surface area contributed by atoms with E-state index in [-0.39, 0.29) is 0 Å². The molecule has 0 spiro atoms. The molecule has 0 radical (unpaired) electrons. The lowest BCUT2D eigenvalue weighted by molar-refractivity contribution is 0.354. The van der Waals surface area contributed by atoms with Crippen molar-refractivity contribution in [2.24, 2.45) is 10.8 Å². The molecule has 0 atom stereocenters. The molecule has 40 heavy (non-hydrogen) atoms. The Morgan fingerprint density at radius 3 is 1.95 bits per heavy atom. The van der Waals surface area contributed by atoms with Gasteiger partial charge >= 0.3 is 0 Å². The third kappa shape index (κ3) is 11.6. The summed E-state index contributed by atoms with van der Waals surface area (Å²) < 4.78 is 0. The quantitative estimate of drug-likeness (QED) is 0.170. The van der Waals surface area contributed by atoms with Gasteiger partial charge in [0.1, 0.15) is 0 Å². The van der Waals surface area contributed by atoms with Crippen molar-refractivity contribution in [3.05, 3.63) is 105 Å². The van der Waals surface area contributed by atoms with Crippen molar-refractivity contribution < 1.29 is 0 Å². The summed E-state index contributed by atoms with van der Waals surface area (Å²) in [6.45, 7) is 23.2. The van der Waals surface area contributed by atoms with Crippen LogP contribution in [0.1, 0.15) is 133 Å². The van der Waals surface area contributed by atoms with E-state index in [1.54, 1.807) is 22.3 Å². The van der Waals surface area contributed by atoms with Gasteiger partial charge in [-0.2, -0.15) is 0 Å². The van der Waals surface area contributed by atoms with Gasteiger partial charge in [-0.25, -0.2) is 0 Å². The Hall–Kier alpha value is -2.34. The van der Waals surface area contributed by atoms with Crippen molar-refractivity contribution in [3.63, 3.8) is 0 Å². The monoisotopic (exact) mass is 540 g/mol. The Balaban J connectivity index is 1.79. The van der Waals surface area contributed by atoms with E-state index in [0.717, 1.165) is 19.3 Å². The first-order valence-corrected chi connectivity index (χ1v) is 15.9. The fourth-order valence-corrected chi connectivity index (χ4v) is 6.38. The van der Waals surface area contributed by atoms with Crippen molar-refractivity contribution in [3.8, 4) is 0 Å². The van der Waals surface area contributed by atoms with E-state index in [1.807, 2.05) is 0 Å². The van der Waals surface area contributed by atoms with Crippen molar-refractivity contribution in [1.82, 2.24) is 0 Å². The van der Waals surface area contributed by atoms with Gasteiger partial charge in [0.05, 0.1) is 0 Å². The molecule has 0 aliphatic heterocycles. The number of rotatable bonds is 12. The molecule has 2 rings (SSSR count). The molecule has 2 aliphatic rings. The first-order chi connectivity index (χ1) is 18.8. The standard InChI is InChI=1S/C40H60/c1-31(19-13-21-33(3)25-27-37-35(5)23-15-29-39(37,7)8)17-11-12-18-32(2)20-14-22-34(4)26-28-38-36(6)24-16-30-40(38,9)10/h11-13,17-19,21-22,26,28H,14-16,20,23-25,27,29-30H2,1-10H3/b12-11+,19-13+,28-26+,31-17+,32-18+,33-21+,34-22+. The van der Waals surface area contributed by atoms with Gasteiger partial charge in [0, 0.05) is 0 Å². The molecule has 0 nitrogen and oxygen atoms in total. The zero-order valence-corrected chi connectivity index (χ0v) is 27.8. The number of allylic oxidation sites excluding steroid dienone is 18. The average Bonchev–Trinajstić information content (AvgIpc) is 2.85. The van der Waals surface area contributed by atoms with Crippen molar-refractivity contribution in [1.29, 1.82) is 0 Å². The molecule has 2 aliphatic carbocycles. The molecule has 0 aromatic carbocycles. The lowest BCUT2D eigenvalue weighted by Crippen LogP contribution is -2.20. The molecule has 0 bridgehead atoms. The highest BCUT2D eigenvalue weighted by Gasteiger charge is 2.28. The summed E-state index contributed by atoms with van der Waals surface area (Å²) in [6.07, 6.45) is 35.0.